The Balaban J connectivity index is 2.52. The summed E-state index contributed by atoms with van der Waals surface area (Å²) in [5.41, 5.74) is 0.476. The molecule has 0 saturated carbocycles. The normalized spacial score (nSPS) is 11.3. The van der Waals surface area contributed by atoms with Crippen molar-refractivity contribution < 1.29 is 17.9 Å². The summed E-state index contributed by atoms with van der Waals surface area (Å²) in [4.78, 5) is 11.7. The number of carbonyl (C=O) groups is 1. The van der Waals surface area contributed by atoms with Gasteiger partial charge in [-0.05, 0) is 18.4 Å². The van der Waals surface area contributed by atoms with E-state index in [1.54, 1.807) is 19.1 Å². The summed E-state index contributed by atoms with van der Waals surface area (Å²) in [5.74, 6) is -0.573. The van der Waals surface area contributed by atoms with Gasteiger partial charge in [0.1, 0.15) is 6.54 Å². The van der Waals surface area contributed by atoms with E-state index in [-0.39, 0.29) is 13.2 Å². The lowest BCUT2D eigenvalue weighted by atomic mass is 10.1. The lowest BCUT2D eigenvalue weighted by Gasteiger charge is -2.22. The van der Waals surface area contributed by atoms with Crippen LogP contribution in [-0.4, -0.2) is 33.8 Å². The minimum absolute atomic E-state index is 0.214. The van der Waals surface area contributed by atoms with Gasteiger partial charge in [0.15, 0.2) is 0 Å². The van der Waals surface area contributed by atoms with Crippen molar-refractivity contribution in [3.63, 3.8) is 0 Å². The van der Waals surface area contributed by atoms with E-state index in [1.807, 2.05) is 30.3 Å². The average Bonchev–Trinajstić information content (AvgIpc) is 2.43. The first-order chi connectivity index (χ1) is 9.93. The Morgan fingerprint density at radius 3 is 2.48 bits per heavy atom. The fraction of sp³-hybridized carbons (Fsp3) is 0.267. The number of nitrogens with zero attached hydrogens (tertiary/aromatic N) is 1. The monoisotopic (exact) mass is 307 g/mol. The van der Waals surface area contributed by atoms with Crippen molar-refractivity contribution in [1.29, 1.82) is 0 Å². The summed E-state index contributed by atoms with van der Waals surface area (Å²) in [6.07, 6.45) is 1.08. The van der Waals surface area contributed by atoms with Crippen LogP contribution in [0.5, 0.6) is 0 Å². The lowest BCUT2D eigenvalue weighted by Crippen LogP contribution is -2.35. The van der Waals surface area contributed by atoms with Crippen LogP contribution in [0.4, 0.5) is 5.69 Å². The number of esters is 1. The van der Waals surface area contributed by atoms with Gasteiger partial charge in [0.2, 0.25) is 10.0 Å². The fourth-order valence-electron chi connectivity index (χ4n) is 2.13. The fourth-order valence-corrected chi connectivity index (χ4v) is 2.99. The molecule has 0 spiro atoms. The molecule has 0 aromatic heterocycles. The Kier molecular flexibility index (Phi) is 4.47. The van der Waals surface area contributed by atoms with Crippen LogP contribution in [0.25, 0.3) is 10.8 Å². The maximum atomic E-state index is 12.0. The molecule has 0 bridgehead atoms. The average molecular weight is 307 g/mol. The summed E-state index contributed by atoms with van der Waals surface area (Å²) < 4.78 is 30.0. The molecule has 0 aliphatic rings. The molecule has 5 nitrogen and oxygen atoms in total. The largest absolute Gasteiger partial charge is 0.465 e. The molecule has 0 fully saturated rings. The van der Waals surface area contributed by atoms with Gasteiger partial charge in [0.05, 0.1) is 18.6 Å². The van der Waals surface area contributed by atoms with Gasteiger partial charge in [0, 0.05) is 5.39 Å². The maximum Gasteiger partial charge on any atom is 0.326 e. The number of hydrogen-bond acceptors (Lipinski definition) is 4. The molecular formula is C15H17NO4S. The maximum absolute atomic E-state index is 12.0. The molecule has 0 heterocycles. The zero-order chi connectivity index (χ0) is 15.5. The van der Waals surface area contributed by atoms with E-state index in [1.165, 1.54) is 0 Å². The van der Waals surface area contributed by atoms with Crippen molar-refractivity contribution >= 4 is 32.5 Å². The highest BCUT2D eigenvalue weighted by atomic mass is 32.2. The highest BCUT2D eigenvalue weighted by molar-refractivity contribution is 7.92. The SMILES string of the molecule is CCOC(=O)CN(c1cccc2ccccc12)S(C)(=O)=O. The zero-order valence-corrected chi connectivity index (χ0v) is 12.8. The van der Waals surface area contributed by atoms with Crippen LogP contribution in [0.1, 0.15) is 6.92 Å². The highest BCUT2D eigenvalue weighted by Crippen LogP contribution is 2.28. The quantitative estimate of drug-likeness (QED) is 0.794. The minimum Gasteiger partial charge on any atom is -0.465 e. The second-order valence-electron chi connectivity index (χ2n) is 4.57. The Hall–Kier alpha value is -2.08. The van der Waals surface area contributed by atoms with Gasteiger partial charge < -0.3 is 4.74 Å². The predicted octanol–water partition coefficient (Wildman–Crippen LogP) is 2.17. The second-order valence-corrected chi connectivity index (χ2v) is 6.48. The number of carbonyl (C=O) groups excluding carboxylic acids is 1. The van der Waals surface area contributed by atoms with Crippen molar-refractivity contribution in [1.82, 2.24) is 0 Å². The molecule has 2 rings (SSSR count). The minimum atomic E-state index is -3.59. The lowest BCUT2D eigenvalue weighted by molar-refractivity contribution is -0.141. The summed E-state index contributed by atoms with van der Waals surface area (Å²) in [6.45, 7) is 1.56. The molecule has 0 aliphatic heterocycles. The molecule has 0 radical (unpaired) electrons. The summed E-state index contributed by atoms with van der Waals surface area (Å²) in [5, 5.41) is 1.68. The molecule has 0 amide bonds. The molecule has 0 saturated heterocycles. The van der Waals surface area contributed by atoms with Gasteiger partial charge in [-0.2, -0.15) is 0 Å². The van der Waals surface area contributed by atoms with Crippen molar-refractivity contribution in [2.45, 2.75) is 6.92 Å². The van der Waals surface area contributed by atoms with Crippen LogP contribution in [-0.2, 0) is 19.6 Å². The van der Waals surface area contributed by atoms with Gasteiger partial charge >= 0.3 is 5.97 Å². The van der Waals surface area contributed by atoms with Crippen LogP contribution >= 0.6 is 0 Å². The number of hydrogen-bond donors (Lipinski definition) is 0. The molecule has 0 atom stereocenters. The van der Waals surface area contributed by atoms with Gasteiger partial charge in [0.25, 0.3) is 0 Å². The third-order valence-corrected chi connectivity index (χ3v) is 4.14. The van der Waals surface area contributed by atoms with Crippen LogP contribution in [0.2, 0.25) is 0 Å². The van der Waals surface area contributed by atoms with E-state index >= 15 is 0 Å². The molecule has 2 aromatic rings. The Bertz CT molecular complexity index is 750. The highest BCUT2D eigenvalue weighted by Gasteiger charge is 2.22. The number of rotatable bonds is 5. The van der Waals surface area contributed by atoms with Crippen molar-refractivity contribution in [2.24, 2.45) is 0 Å². The molecule has 0 aliphatic carbocycles. The standard InChI is InChI=1S/C15H17NO4S/c1-3-20-15(17)11-16(21(2,18)19)14-10-6-8-12-7-4-5-9-13(12)14/h4-10H,3,11H2,1-2H3. The molecule has 6 heteroatoms. The third kappa shape index (κ3) is 3.52. The smallest absolute Gasteiger partial charge is 0.326 e. The van der Waals surface area contributed by atoms with E-state index in [9.17, 15) is 13.2 Å². The van der Waals surface area contributed by atoms with Crippen molar-refractivity contribution in [2.75, 3.05) is 23.7 Å². The molecule has 0 unspecified atom stereocenters. The number of ether oxygens (including phenoxy) is 1. The number of anilines is 1. The van der Waals surface area contributed by atoms with Gasteiger partial charge in [-0.25, -0.2) is 8.42 Å². The summed E-state index contributed by atoms with van der Waals surface area (Å²) in [6, 6.07) is 12.8. The third-order valence-electron chi connectivity index (χ3n) is 3.01. The Morgan fingerprint density at radius 2 is 1.81 bits per heavy atom. The van der Waals surface area contributed by atoms with Crippen molar-refractivity contribution in [3.05, 3.63) is 42.5 Å². The Labute approximate surface area is 124 Å². The first kappa shape index (κ1) is 15.3. The van der Waals surface area contributed by atoms with Gasteiger partial charge in [-0.3, -0.25) is 9.10 Å². The molecule has 112 valence electrons. The van der Waals surface area contributed by atoms with E-state index in [4.69, 9.17) is 4.74 Å². The van der Waals surface area contributed by atoms with Gasteiger partial charge in [-0.15, -0.1) is 0 Å². The van der Waals surface area contributed by atoms with Gasteiger partial charge in [-0.1, -0.05) is 36.4 Å². The van der Waals surface area contributed by atoms with Crippen LogP contribution in [0, 0.1) is 0 Å². The first-order valence-electron chi connectivity index (χ1n) is 6.54. The second kappa shape index (κ2) is 6.13. The number of benzene rings is 2. The van der Waals surface area contributed by atoms with Crippen LogP contribution < -0.4 is 4.31 Å². The summed E-state index contributed by atoms with van der Waals surface area (Å²) in [7, 11) is -3.59. The van der Waals surface area contributed by atoms with Crippen LogP contribution in [0.3, 0.4) is 0 Å². The number of sulfonamides is 1. The van der Waals surface area contributed by atoms with E-state index in [0.29, 0.717) is 5.69 Å². The molecule has 2 aromatic carbocycles. The van der Waals surface area contributed by atoms with Crippen LogP contribution in [0.15, 0.2) is 42.5 Å². The van der Waals surface area contributed by atoms with E-state index in [2.05, 4.69) is 0 Å². The zero-order valence-electron chi connectivity index (χ0n) is 11.9. The van der Waals surface area contributed by atoms with Crippen molar-refractivity contribution in [3.8, 4) is 0 Å². The molecule has 0 N–H and O–H groups in total. The molecular weight excluding hydrogens is 290 g/mol. The summed E-state index contributed by atoms with van der Waals surface area (Å²) >= 11 is 0. The predicted molar refractivity (Wildman–Crippen MR) is 82.8 cm³/mol. The first-order valence-corrected chi connectivity index (χ1v) is 8.39. The molecule has 21 heavy (non-hydrogen) atoms. The van der Waals surface area contributed by atoms with E-state index < -0.39 is 16.0 Å². The number of fused-ring (bicyclic) bond motifs is 1. The Morgan fingerprint density at radius 1 is 1.14 bits per heavy atom. The van der Waals surface area contributed by atoms with E-state index in [0.717, 1.165) is 21.3 Å². The topological polar surface area (TPSA) is 63.7 Å².